The van der Waals surface area contributed by atoms with E-state index < -0.39 is 11.7 Å². The molecule has 1 saturated heterocycles. The maximum Gasteiger partial charge on any atom is 0.276 e. The third-order valence-electron chi connectivity index (χ3n) is 4.11. The van der Waals surface area contributed by atoms with Crippen LogP contribution >= 0.6 is 0 Å². The van der Waals surface area contributed by atoms with Gasteiger partial charge in [0.1, 0.15) is 5.82 Å². The molecule has 1 aliphatic rings. The molecule has 120 valence electrons. The molecule has 2 aromatic rings. The van der Waals surface area contributed by atoms with Gasteiger partial charge in [-0.3, -0.25) is 4.79 Å². The van der Waals surface area contributed by atoms with Crippen LogP contribution in [-0.4, -0.2) is 29.2 Å². The summed E-state index contributed by atoms with van der Waals surface area (Å²) in [7, 11) is 0. The van der Waals surface area contributed by atoms with Gasteiger partial charge in [0.2, 0.25) is 0 Å². The maximum absolute atomic E-state index is 13.5. The SMILES string of the molecule is CC1CCN(c2ccc(C(=O)Nc3ccccc3F)nn2)CC1. The average Bonchev–Trinajstić information content (AvgIpc) is 2.58. The number of piperidine rings is 1. The van der Waals surface area contributed by atoms with E-state index in [0.717, 1.165) is 37.7 Å². The van der Waals surface area contributed by atoms with E-state index >= 15 is 0 Å². The average molecular weight is 314 g/mol. The fourth-order valence-electron chi connectivity index (χ4n) is 2.60. The van der Waals surface area contributed by atoms with Gasteiger partial charge in [-0.15, -0.1) is 10.2 Å². The van der Waals surface area contributed by atoms with Crippen molar-refractivity contribution in [3.63, 3.8) is 0 Å². The van der Waals surface area contributed by atoms with Crippen LogP contribution in [-0.2, 0) is 0 Å². The summed E-state index contributed by atoms with van der Waals surface area (Å²) in [6.07, 6.45) is 2.27. The van der Waals surface area contributed by atoms with Crippen molar-refractivity contribution in [3.8, 4) is 0 Å². The number of hydrogen-bond acceptors (Lipinski definition) is 4. The topological polar surface area (TPSA) is 58.1 Å². The van der Waals surface area contributed by atoms with Gasteiger partial charge in [0, 0.05) is 13.1 Å². The quantitative estimate of drug-likeness (QED) is 0.946. The lowest BCUT2D eigenvalue weighted by atomic mass is 9.99. The molecule has 0 atom stereocenters. The van der Waals surface area contributed by atoms with E-state index in [1.54, 1.807) is 24.3 Å². The Bertz CT molecular complexity index is 681. The molecular weight excluding hydrogens is 295 g/mol. The second-order valence-corrected chi connectivity index (χ2v) is 5.88. The molecule has 1 aliphatic heterocycles. The molecule has 0 spiro atoms. The molecule has 3 rings (SSSR count). The van der Waals surface area contributed by atoms with Crippen molar-refractivity contribution in [3.05, 3.63) is 47.9 Å². The first kappa shape index (κ1) is 15.4. The number of para-hydroxylation sites is 1. The molecule has 5 nitrogen and oxygen atoms in total. The molecule has 1 amide bonds. The van der Waals surface area contributed by atoms with E-state index in [2.05, 4.69) is 27.3 Å². The van der Waals surface area contributed by atoms with Crippen LogP contribution in [0.25, 0.3) is 0 Å². The van der Waals surface area contributed by atoms with Gasteiger partial charge in [-0.1, -0.05) is 19.1 Å². The third-order valence-corrected chi connectivity index (χ3v) is 4.11. The minimum absolute atomic E-state index is 0.133. The van der Waals surface area contributed by atoms with E-state index in [4.69, 9.17) is 0 Å². The summed E-state index contributed by atoms with van der Waals surface area (Å²) in [6.45, 7) is 4.16. The summed E-state index contributed by atoms with van der Waals surface area (Å²) in [5.74, 6) is 0.568. The van der Waals surface area contributed by atoms with Gasteiger partial charge in [-0.2, -0.15) is 0 Å². The Hall–Kier alpha value is -2.50. The first-order valence-corrected chi connectivity index (χ1v) is 7.78. The standard InChI is InChI=1S/C17H19FN4O/c1-12-8-10-22(11-9-12)16-7-6-15(20-21-16)17(23)19-14-5-3-2-4-13(14)18/h2-7,12H,8-11H2,1H3,(H,19,23). The van der Waals surface area contributed by atoms with Gasteiger partial charge in [0.25, 0.3) is 5.91 Å². The number of nitrogens with zero attached hydrogens (tertiary/aromatic N) is 3. The summed E-state index contributed by atoms with van der Waals surface area (Å²) in [4.78, 5) is 14.3. The second-order valence-electron chi connectivity index (χ2n) is 5.88. The molecule has 1 N–H and O–H groups in total. The van der Waals surface area contributed by atoms with Crippen LogP contribution in [0.2, 0.25) is 0 Å². The lowest BCUT2D eigenvalue weighted by Gasteiger charge is -2.30. The molecule has 23 heavy (non-hydrogen) atoms. The maximum atomic E-state index is 13.5. The monoisotopic (exact) mass is 314 g/mol. The molecule has 0 aliphatic carbocycles. The highest BCUT2D eigenvalue weighted by Gasteiger charge is 2.18. The molecular formula is C17H19FN4O. The second kappa shape index (κ2) is 6.73. The number of hydrogen-bond donors (Lipinski definition) is 1. The van der Waals surface area contributed by atoms with Gasteiger partial charge in [0.05, 0.1) is 5.69 Å². The fourth-order valence-corrected chi connectivity index (χ4v) is 2.60. The van der Waals surface area contributed by atoms with Gasteiger partial charge in [-0.05, 0) is 43.0 Å². The Kier molecular flexibility index (Phi) is 4.50. The third kappa shape index (κ3) is 3.64. The number of halogens is 1. The van der Waals surface area contributed by atoms with Crippen LogP contribution in [0, 0.1) is 11.7 Å². The lowest BCUT2D eigenvalue weighted by molar-refractivity contribution is 0.102. The van der Waals surface area contributed by atoms with Crippen molar-refractivity contribution in [1.29, 1.82) is 0 Å². The van der Waals surface area contributed by atoms with Gasteiger partial charge < -0.3 is 10.2 Å². The minimum Gasteiger partial charge on any atom is -0.355 e. The zero-order chi connectivity index (χ0) is 16.2. The first-order chi connectivity index (χ1) is 11.1. The highest BCUT2D eigenvalue weighted by Crippen LogP contribution is 2.21. The molecule has 1 aromatic carbocycles. The Morgan fingerprint density at radius 2 is 1.91 bits per heavy atom. The van der Waals surface area contributed by atoms with Crippen molar-refractivity contribution in [1.82, 2.24) is 10.2 Å². The summed E-state index contributed by atoms with van der Waals surface area (Å²) >= 11 is 0. The van der Waals surface area contributed by atoms with E-state index in [-0.39, 0.29) is 11.4 Å². The number of aromatic nitrogens is 2. The highest BCUT2D eigenvalue weighted by molar-refractivity contribution is 6.02. The molecule has 0 unspecified atom stereocenters. The van der Waals surface area contributed by atoms with Gasteiger partial charge in [-0.25, -0.2) is 4.39 Å². The summed E-state index contributed by atoms with van der Waals surface area (Å²) in [5.41, 5.74) is 0.302. The van der Waals surface area contributed by atoms with E-state index in [1.165, 1.54) is 12.1 Å². The molecule has 2 heterocycles. The van der Waals surface area contributed by atoms with Crippen molar-refractivity contribution >= 4 is 17.4 Å². The number of carbonyl (C=O) groups is 1. The summed E-state index contributed by atoms with van der Waals surface area (Å²) in [6, 6.07) is 9.44. The molecule has 6 heteroatoms. The molecule has 0 saturated carbocycles. The van der Waals surface area contributed by atoms with Crippen molar-refractivity contribution in [2.75, 3.05) is 23.3 Å². The van der Waals surface area contributed by atoms with E-state index in [1.807, 2.05) is 0 Å². The van der Waals surface area contributed by atoms with E-state index in [0.29, 0.717) is 0 Å². The van der Waals surface area contributed by atoms with Crippen molar-refractivity contribution in [2.24, 2.45) is 5.92 Å². The predicted molar refractivity (Wildman–Crippen MR) is 87.0 cm³/mol. The number of benzene rings is 1. The van der Waals surface area contributed by atoms with Crippen LogP contribution < -0.4 is 10.2 Å². The Balaban J connectivity index is 1.67. The van der Waals surface area contributed by atoms with E-state index in [9.17, 15) is 9.18 Å². The normalized spacial score (nSPS) is 15.5. The van der Waals surface area contributed by atoms with Gasteiger partial charge in [0.15, 0.2) is 11.5 Å². The first-order valence-electron chi connectivity index (χ1n) is 7.78. The smallest absolute Gasteiger partial charge is 0.276 e. The Labute approximate surface area is 134 Å². The number of carbonyl (C=O) groups excluding carboxylic acids is 1. The van der Waals surface area contributed by atoms with Gasteiger partial charge >= 0.3 is 0 Å². The Morgan fingerprint density at radius 3 is 2.57 bits per heavy atom. The fraction of sp³-hybridized carbons (Fsp3) is 0.353. The molecule has 0 radical (unpaired) electrons. The number of rotatable bonds is 3. The van der Waals surface area contributed by atoms with Crippen LogP contribution in [0.1, 0.15) is 30.3 Å². The number of nitrogens with one attached hydrogen (secondary N) is 1. The summed E-state index contributed by atoms with van der Waals surface area (Å²) < 4.78 is 13.5. The summed E-state index contributed by atoms with van der Waals surface area (Å²) in [5, 5.41) is 10.6. The van der Waals surface area contributed by atoms with Crippen LogP contribution in [0.3, 0.4) is 0 Å². The minimum atomic E-state index is -0.479. The zero-order valence-corrected chi connectivity index (χ0v) is 13.0. The molecule has 0 bridgehead atoms. The largest absolute Gasteiger partial charge is 0.355 e. The lowest BCUT2D eigenvalue weighted by Crippen LogP contribution is -2.33. The van der Waals surface area contributed by atoms with Crippen LogP contribution in [0.4, 0.5) is 15.9 Å². The predicted octanol–water partition coefficient (Wildman–Crippen LogP) is 3.10. The molecule has 1 aromatic heterocycles. The van der Waals surface area contributed by atoms with Crippen molar-refractivity contribution in [2.45, 2.75) is 19.8 Å². The number of amides is 1. The zero-order valence-electron chi connectivity index (χ0n) is 13.0. The Morgan fingerprint density at radius 1 is 1.17 bits per heavy atom. The van der Waals surface area contributed by atoms with Crippen LogP contribution in [0.15, 0.2) is 36.4 Å². The molecule has 1 fully saturated rings. The van der Waals surface area contributed by atoms with Crippen LogP contribution in [0.5, 0.6) is 0 Å². The number of anilines is 2. The van der Waals surface area contributed by atoms with Crippen molar-refractivity contribution < 1.29 is 9.18 Å². The highest BCUT2D eigenvalue weighted by atomic mass is 19.1.